The van der Waals surface area contributed by atoms with Crippen LogP contribution in [0.1, 0.15) is 17.5 Å². The molecule has 2 amide bonds. The smallest absolute Gasteiger partial charge is 0.459 e. The van der Waals surface area contributed by atoms with E-state index in [-0.39, 0.29) is 19.4 Å². The number of thioether (sulfide) groups is 1. The van der Waals surface area contributed by atoms with Gasteiger partial charge in [-0.25, -0.2) is 4.79 Å². The molecule has 2 aromatic rings. The maximum absolute atomic E-state index is 12.8. The summed E-state index contributed by atoms with van der Waals surface area (Å²) in [5, 5.41) is 4.18. The van der Waals surface area contributed by atoms with Crippen LogP contribution in [0.15, 0.2) is 60.7 Å². The number of benzene rings is 2. The van der Waals surface area contributed by atoms with Crippen LogP contribution in [0.4, 0.5) is 13.2 Å². The maximum Gasteiger partial charge on any atom is 0.471 e. The molecule has 2 aromatic carbocycles. The number of halogens is 3. The molecule has 2 atom stereocenters. The molecular weight excluding hydrogens is 457 g/mol. The molecule has 178 valence electrons. The third kappa shape index (κ3) is 9.17. The fourth-order valence-corrected chi connectivity index (χ4v) is 3.36. The van der Waals surface area contributed by atoms with Crippen LogP contribution in [-0.2, 0) is 32.1 Å². The second-order valence-corrected chi connectivity index (χ2v) is 8.14. The summed E-state index contributed by atoms with van der Waals surface area (Å²) in [5.41, 5.74) is 1.46. The van der Waals surface area contributed by atoms with Crippen LogP contribution in [0.2, 0.25) is 0 Å². The first kappa shape index (κ1) is 26.2. The zero-order chi connectivity index (χ0) is 24.3. The van der Waals surface area contributed by atoms with E-state index >= 15 is 0 Å². The zero-order valence-electron chi connectivity index (χ0n) is 17.9. The highest BCUT2D eigenvalue weighted by Crippen LogP contribution is 2.16. The van der Waals surface area contributed by atoms with Gasteiger partial charge in [-0.1, -0.05) is 60.7 Å². The van der Waals surface area contributed by atoms with Gasteiger partial charge in [0.2, 0.25) is 5.91 Å². The molecule has 0 unspecified atom stereocenters. The zero-order valence-corrected chi connectivity index (χ0v) is 18.7. The molecule has 33 heavy (non-hydrogen) atoms. The Morgan fingerprint density at radius 1 is 0.909 bits per heavy atom. The van der Waals surface area contributed by atoms with Crippen LogP contribution in [0.25, 0.3) is 0 Å². The van der Waals surface area contributed by atoms with Crippen LogP contribution in [0, 0.1) is 0 Å². The van der Waals surface area contributed by atoms with Gasteiger partial charge in [0, 0.05) is 6.42 Å². The van der Waals surface area contributed by atoms with Crippen molar-refractivity contribution in [1.29, 1.82) is 0 Å². The molecule has 0 saturated heterocycles. The number of hydrogen-bond acceptors (Lipinski definition) is 5. The second-order valence-electron chi connectivity index (χ2n) is 7.15. The summed E-state index contributed by atoms with van der Waals surface area (Å²) < 4.78 is 43.5. The summed E-state index contributed by atoms with van der Waals surface area (Å²) in [4.78, 5) is 36.9. The SMILES string of the molecule is CSCC[C@H](NC(=O)C(F)(F)F)C(=O)N[C@@H](Cc1ccccc1)C(=O)OCc1ccccc1. The minimum Gasteiger partial charge on any atom is -0.459 e. The van der Waals surface area contributed by atoms with Gasteiger partial charge in [-0.15, -0.1) is 0 Å². The van der Waals surface area contributed by atoms with E-state index in [4.69, 9.17) is 4.74 Å². The van der Waals surface area contributed by atoms with Gasteiger partial charge in [0.1, 0.15) is 18.7 Å². The van der Waals surface area contributed by atoms with Crippen LogP contribution in [0.3, 0.4) is 0 Å². The Hall–Kier alpha value is -3.01. The highest BCUT2D eigenvalue weighted by atomic mass is 32.2. The van der Waals surface area contributed by atoms with Gasteiger partial charge in [-0.05, 0) is 29.6 Å². The van der Waals surface area contributed by atoms with Crippen LogP contribution < -0.4 is 10.6 Å². The summed E-state index contributed by atoms with van der Waals surface area (Å²) in [6, 6.07) is 15.1. The first-order valence-corrected chi connectivity index (χ1v) is 11.5. The standard InChI is InChI=1S/C23H25F3N2O4S/c1-33-13-12-18(28-22(31)23(24,25)26)20(29)27-19(14-16-8-4-2-5-9-16)21(30)32-15-17-10-6-3-7-11-17/h2-11,18-19H,12-15H2,1H3,(H,27,29)(H,28,31)/t18-,19-/m0/s1. The molecule has 0 bridgehead atoms. The summed E-state index contributed by atoms with van der Waals surface area (Å²) in [6.07, 6.45) is -3.37. The number of amides is 2. The number of carbonyl (C=O) groups is 3. The van der Waals surface area contributed by atoms with E-state index in [1.54, 1.807) is 66.2 Å². The van der Waals surface area contributed by atoms with Crippen LogP contribution >= 0.6 is 11.8 Å². The lowest BCUT2D eigenvalue weighted by Crippen LogP contribution is -2.54. The first-order chi connectivity index (χ1) is 15.7. The van der Waals surface area contributed by atoms with Crippen molar-refractivity contribution in [2.45, 2.75) is 37.7 Å². The Labute approximate surface area is 194 Å². The van der Waals surface area contributed by atoms with E-state index in [9.17, 15) is 27.6 Å². The van der Waals surface area contributed by atoms with Crippen LogP contribution in [-0.4, -0.2) is 48.1 Å². The monoisotopic (exact) mass is 482 g/mol. The molecule has 0 aliphatic carbocycles. The molecule has 6 nitrogen and oxygen atoms in total. The van der Waals surface area contributed by atoms with E-state index < -0.39 is 36.0 Å². The third-order valence-electron chi connectivity index (χ3n) is 4.60. The van der Waals surface area contributed by atoms with Crippen molar-refractivity contribution >= 4 is 29.5 Å². The fourth-order valence-electron chi connectivity index (χ4n) is 2.89. The molecule has 0 heterocycles. The molecular formula is C23H25F3N2O4S. The fraction of sp³-hybridized carbons (Fsp3) is 0.348. The summed E-state index contributed by atoms with van der Waals surface area (Å²) in [7, 11) is 0. The van der Waals surface area contributed by atoms with Crippen molar-refractivity contribution in [1.82, 2.24) is 10.6 Å². The van der Waals surface area contributed by atoms with Crippen molar-refractivity contribution in [2.24, 2.45) is 0 Å². The van der Waals surface area contributed by atoms with E-state index in [0.717, 1.165) is 11.1 Å². The summed E-state index contributed by atoms with van der Waals surface area (Å²) in [6.45, 7) is -0.0262. The van der Waals surface area contributed by atoms with Gasteiger partial charge in [-0.3, -0.25) is 9.59 Å². The van der Waals surface area contributed by atoms with E-state index in [0.29, 0.717) is 5.75 Å². The van der Waals surface area contributed by atoms with E-state index in [1.165, 1.54) is 11.8 Å². The van der Waals surface area contributed by atoms with Crippen molar-refractivity contribution in [3.8, 4) is 0 Å². The minimum absolute atomic E-state index is 0.0262. The molecule has 2 rings (SSSR count). The Balaban J connectivity index is 2.14. The van der Waals surface area contributed by atoms with Crippen molar-refractivity contribution < 1.29 is 32.3 Å². The van der Waals surface area contributed by atoms with Gasteiger partial charge in [0.25, 0.3) is 0 Å². The molecule has 0 fully saturated rings. The molecule has 0 saturated carbocycles. The van der Waals surface area contributed by atoms with Crippen molar-refractivity contribution in [2.75, 3.05) is 12.0 Å². The average molecular weight is 483 g/mol. The topological polar surface area (TPSA) is 84.5 Å². The first-order valence-electron chi connectivity index (χ1n) is 10.1. The van der Waals surface area contributed by atoms with Gasteiger partial charge in [-0.2, -0.15) is 24.9 Å². The molecule has 0 aliphatic heterocycles. The molecule has 10 heteroatoms. The Bertz CT molecular complexity index is 911. The van der Waals surface area contributed by atoms with Crippen LogP contribution in [0.5, 0.6) is 0 Å². The van der Waals surface area contributed by atoms with E-state index in [1.807, 2.05) is 6.07 Å². The Morgan fingerprint density at radius 2 is 1.48 bits per heavy atom. The third-order valence-corrected chi connectivity index (χ3v) is 5.24. The summed E-state index contributed by atoms with van der Waals surface area (Å²) >= 11 is 1.31. The number of esters is 1. The largest absolute Gasteiger partial charge is 0.471 e. The quantitative estimate of drug-likeness (QED) is 0.481. The predicted molar refractivity (Wildman–Crippen MR) is 119 cm³/mol. The van der Waals surface area contributed by atoms with Gasteiger partial charge in [0.05, 0.1) is 0 Å². The van der Waals surface area contributed by atoms with Gasteiger partial charge >= 0.3 is 18.1 Å². The van der Waals surface area contributed by atoms with Gasteiger partial charge < -0.3 is 15.4 Å². The van der Waals surface area contributed by atoms with Gasteiger partial charge in [0.15, 0.2) is 0 Å². The number of rotatable bonds is 11. The highest BCUT2D eigenvalue weighted by Gasteiger charge is 2.41. The lowest BCUT2D eigenvalue weighted by Gasteiger charge is -2.23. The second kappa shape index (κ2) is 12.9. The normalized spacial score (nSPS) is 13.0. The lowest BCUT2D eigenvalue weighted by atomic mass is 10.1. The van der Waals surface area contributed by atoms with E-state index in [2.05, 4.69) is 5.32 Å². The Kier molecular flexibility index (Phi) is 10.2. The number of hydrogen-bond donors (Lipinski definition) is 2. The maximum atomic E-state index is 12.8. The molecule has 0 aliphatic rings. The number of ether oxygens (including phenoxy) is 1. The highest BCUT2D eigenvalue weighted by molar-refractivity contribution is 7.98. The van der Waals surface area contributed by atoms with Crippen molar-refractivity contribution in [3.05, 3.63) is 71.8 Å². The summed E-state index contributed by atoms with van der Waals surface area (Å²) in [5.74, 6) is -3.51. The number of alkyl halides is 3. The predicted octanol–water partition coefficient (Wildman–Crippen LogP) is 3.26. The number of carbonyl (C=O) groups excluding carboxylic acids is 3. The molecule has 2 N–H and O–H groups in total. The minimum atomic E-state index is -5.13. The molecule has 0 aromatic heterocycles. The average Bonchev–Trinajstić information content (AvgIpc) is 2.80. The Morgan fingerprint density at radius 3 is 2.03 bits per heavy atom. The molecule has 0 radical (unpaired) electrons. The van der Waals surface area contributed by atoms with Crippen molar-refractivity contribution in [3.63, 3.8) is 0 Å². The molecule has 0 spiro atoms. The number of nitrogens with one attached hydrogen (secondary N) is 2. The lowest BCUT2D eigenvalue weighted by molar-refractivity contribution is -0.174.